The maximum absolute atomic E-state index is 5.57. The molecule has 2 N–H and O–H groups in total. The van der Waals surface area contributed by atoms with Crippen LogP contribution in [-0.2, 0) is 0 Å². The molecule has 1 heterocycles. The van der Waals surface area contributed by atoms with E-state index in [0.29, 0.717) is 0 Å². The summed E-state index contributed by atoms with van der Waals surface area (Å²) in [5, 5.41) is 4.29. The number of piperazine rings is 1. The van der Waals surface area contributed by atoms with E-state index in [9.17, 15) is 0 Å². The Labute approximate surface area is 128 Å². The molecule has 0 amide bonds. The average molecular weight is 292 g/mol. The summed E-state index contributed by atoms with van der Waals surface area (Å²) in [6, 6.07) is 6.32. The summed E-state index contributed by atoms with van der Waals surface area (Å²) in [5.74, 6) is 0. The van der Waals surface area contributed by atoms with Crippen molar-refractivity contribution in [1.29, 1.82) is 0 Å². The number of hydrogen-bond donors (Lipinski definition) is 2. The minimum absolute atomic E-state index is 0.870. The number of hydrogen-bond acceptors (Lipinski definition) is 1. The topological polar surface area (TPSA) is 19.7 Å². The molecule has 1 aromatic rings. The predicted octanol–water partition coefficient (Wildman–Crippen LogP) is 1.61. The molecule has 1 fully saturated rings. The Morgan fingerprint density at radius 3 is 2.65 bits per heavy atom. The van der Waals surface area contributed by atoms with Gasteiger partial charge in [0.25, 0.3) is 0 Å². The average Bonchev–Trinajstić information content (AvgIpc) is 2.45. The smallest absolute Gasteiger partial charge is 0.173 e. The first-order valence-corrected chi connectivity index (χ1v) is 7.98. The number of rotatable bonds is 3. The fourth-order valence-corrected chi connectivity index (χ4v) is 3.00. The van der Waals surface area contributed by atoms with Gasteiger partial charge in [0.1, 0.15) is 0 Å². The number of aryl methyl sites for hydroxylation is 1. The van der Waals surface area contributed by atoms with Crippen molar-refractivity contribution in [2.24, 2.45) is 0 Å². The molecule has 0 atom stereocenters. The van der Waals surface area contributed by atoms with E-state index in [1.54, 1.807) is 4.90 Å². The maximum Gasteiger partial charge on any atom is 0.173 e. The van der Waals surface area contributed by atoms with Crippen molar-refractivity contribution in [1.82, 2.24) is 4.90 Å². The molecule has 0 aromatic heterocycles. The lowest BCUT2D eigenvalue weighted by atomic mass is 10.1. The molecule has 1 aromatic carbocycles. The first kappa shape index (κ1) is 15.3. The first-order chi connectivity index (χ1) is 9.61. The number of thiocarbonyl (C=S) groups is 1. The van der Waals surface area contributed by atoms with Gasteiger partial charge in [-0.15, -0.1) is 0 Å². The molecule has 1 aliphatic heterocycles. The molecular weight excluding hydrogens is 266 g/mol. The Bertz CT molecular complexity index is 465. The fraction of sp³-hybridized carbons (Fsp3) is 0.562. The van der Waals surface area contributed by atoms with E-state index in [-0.39, 0.29) is 0 Å². The van der Waals surface area contributed by atoms with Crippen molar-refractivity contribution < 1.29 is 4.90 Å². The van der Waals surface area contributed by atoms with Crippen LogP contribution in [-0.4, -0.2) is 42.7 Å². The van der Waals surface area contributed by atoms with Crippen LogP contribution in [0.25, 0.3) is 0 Å². The monoisotopic (exact) mass is 292 g/mol. The van der Waals surface area contributed by atoms with Crippen LogP contribution < -0.4 is 10.2 Å². The quantitative estimate of drug-likeness (QED) is 0.826. The first-order valence-electron chi connectivity index (χ1n) is 7.57. The van der Waals surface area contributed by atoms with Crippen molar-refractivity contribution >= 4 is 23.0 Å². The summed E-state index contributed by atoms with van der Waals surface area (Å²) < 4.78 is 0. The summed E-state index contributed by atoms with van der Waals surface area (Å²) in [4.78, 5) is 4.01. The van der Waals surface area contributed by atoms with Crippen LogP contribution in [0.2, 0.25) is 0 Å². The number of quaternary nitrogens is 1. The zero-order valence-corrected chi connectivity index (χ0v) is 13.6. The van der Waals surface area contributed by atoms with E-state index in [1.807, 2.05) is 0 Å². The number of nitrogens with one attached hydrogen (secondary N) is 2. The van der Waals surface area contributed by atoms with E-state index in [4.69, 9.17) is 12.2 Å². The van der Waals surface area contributed by atoms with E-state index < -0.39 is 0 Å². The van der Waals surface area contributed by atoms with Crippen LogP contribution in [0, 0.1) is 13.8 Å². The normalized spacial score (nSPS) is 16.2. The second-order valence-electron chi connectivity index (χ2n) is 5.66. The van der Waals surface area contributed by atoms with Crippen LogP contribution in [0.5, 0.6) is 0 Å². The van der Waals surface area contributed by atoms with E-state index in [1.165, 1.54) is 37.2 Å². The summed E-state index contributed by atoms with van der Waals surface area (Å²) in [6.45, 7) is 12.3. The van der Waals surface area contributed by atoms with Gasteiger partial charge in [0, 0.05) is 5.69 Å². The molecule has 20 heavy (non-hydrogen) atoms. The Hall–Kier alpha value is -1.13. The van der Waals surface area contributed by atoms with Gasteiger partial charge in [0.05, 0.1) is 32.7 Å². The predicted molar refractivity (Wildman–Crippen MR) is 89.6 cm³/mol. The lowest BCUT2D eigenvalue weighted by molar-refractivity contribution is -0.903. The molecule has 0 radical (unpaired) electrons. The molecule has 0 aliphatic carbocycles. The Morgan fingerprint density at radius 2 is 2.00 bits per heavy atom. The second-order valence-corrected chi connectivity index (χ2v) is 6.05. The Balaban J connectivity index is 1.91. The van der Waals surface area contributed by atoms with Gasteiger partial charge in [-0.25, -0.2) is 0 Å². The minimum atomic E-state index is 0.870. The van der Waals surface area contributed by atoms with Crippen LogP contribution >= 0.6 is 12.2 Å². The standard InChI is InChI=1S/C16H25N3S/c1-4-8-18-9-11-19(12-10-18)16(20)17-15-7-5-6-13(2)14(15)3/h5-7H,4,8-12H2,1-3H3,(H,17,20)/p+1. The highest BCUT2D eigenvalue weighted by molar-refractivity contribution is 7.80. The minimum Gasteiger partial charge on any atom is -0.338 e. The van der Waals surface area contributed by atoms with Crippen molar-refractivity contribution in [2.45, 2.75) is 27.2 Å². The zero-order chi connectivity index (χ0) is 14.5. The number of nitrogens with zero attached hydrogens (tertiary/aromatic N) is 1. The van der Waals surface area contributed by atoms with Gasteiger partial charge in [-0.1, -0.05) is 19.1 Å². The van der Waals surface area contributed by atoms with Gasteiger partial charge in [-0.3, -0.25) is 0 Å². The molecule has 4 heteroatoms. The summed E-state index contributed by atoms with van der Waals surface area (Å²) in [6.07, 6.45) is 1.26. The van der Waals surface area contributed by atoms with Crippen LogP contribution in [0.15, 0.2) is 18.2 Å². The Morgan fingerprint density at radius 1 is 1.30 bits per heavy atom. The lowest BCUT2D eigenvalue weighted by Gasteiger charge is -2.34. The SMILES string of the molecule is CCC[NH+]1CCN(C(=S)Nc2cccc(C)c2C)CC1. The van der Waals surface area contributed by atoms with Gasteiger partial charge in [0.15, 0.2) is 5.11 Å². The molecular formula is C16H26N3S+. The fourth-order valence-electron chi connectivity index (χ4n) is 2.71. The van der Waals surface area contributed by atoms with Gasteiger partial charge in [-0.2, -0.15) is 0 Å². The molecule has 0 saturated carbocycles. The maximum atomic E-state index is 5.57. The molecule has 3 nitrogen and oxygen atoms in total. The largest absolute Gasteiger partial charge is 0.338 e. The van der Waals surface area contributed by atoms with Crippen molar-refractivity contribution in [3.63, 3.8) is 0 Å². The van der Waals surface area contributed by atoms with Gasteiger partial charge in [-0.05, 0) is 49.7 Å². The lowest BCUT2D eigenvalue weighted by Crippen LogP contribution is -3.14. The highest BCUT2D eigenvalue weighted by atomic mass is 32.1. The van der Waals surface area contributed by atoms with E-state index in [0.717, 1.165) is 23.9 Å². The molecule has 0 bridgehead atoms. The van der Waals surface area contributed by atoms with Crippen molar-refractivity contribution in [3.05, 3.63) is 29.3 Å². The van der Waals surface area contributed by atoms with Crippen molar-refractivity contribution in [2.75, 3.05) is 38.0 Å². The number of anilines is 1. The van der Waals surface area contributed by atoms with Gasteiger partial charge >= 0.3 is 0 Å². The van der Waals surface area contributed by atoms with Gasteiger partial charge in [0.2, 0.25) is 0 Å². The third-order valence-electron chi connectivity index (χ3n) is 4.21. The highest BCUT2D eigenvalue weighted by Gasteiger charge is 2.21. The molecule has 1 saturated heterocycles. The molecule has 110 valence electrons. The molecule has 0 unspecified atom stereocenters. The Kier molecular flexibility index (Phi) is 5.38. The summed E-state index contributed by atoms with van der Waals surface area (Å²) in [7, 11) is 0. The molecule has 1 aliphatic rings. The third-order valence-corrected chi connectivity index (χ3v) is 4.57. The van der Waals surface area contributed by atoms with Crippen LogP contribution in [0.3, 0.4) is 0 Å². The van der Waals surface area contributed by atoms with E-state index in [2.05, 4.69) is 49.2 Å². The third kappa shape index (κ3) is 3.70. The number of benzene rings is 1. The van der Waals surface area contributed by atoms with Crippen molar-refractivity contribution in [3.8, 4) is 0 Å². The van der Waals surface area contributed by atoms with Crippen LogP contribution in [0.4, 0.5) is 5.69 Å². The summed E-state index contributed by atoms with van der Waals surface area (Å²) >= 11 is 5.57. The molecule has 0 spiro atoms. The van der Waals surface area contributed by atoms with Gasteiger partial charge < -0.3 is 15.1 Å². The van der Waals surface area contributed by atoms with E-state index >= 15 is 0 Å². The van der Waals surface area contributed by atoms with Crippen LogP contribution in [0.1, 0.15) is 24.5 Å². The zero-order valence-electron chi connectivity index (χ0n) is 12.8. The summed E-state index contributed by atoms with van der Waals surface area (Å²) in [5.41, 5.74) is 3.72. The molecule has 2 rings (SSSR count). The highest BCUT2D eigenvalue weighted by Crippen LogP contribution is 2.18. The second kappa shape index (κ2) is 7.04.